The Morgan fingerprint density at radius 1 is 1.09 bits per heavy atom. The van der Waals surface area contributed by atoms with Gasteiger partial charge in [0.15, 0.2) is 16.7 Å². The maximum absolute atomic E-state index is 13.3. The molecule has 1 atom stereocenters. The van der Waals surface area contributed by atoms with Crippen LogP contribution in [0.1, 0.15) is 32.5 Å². The van der Waals surface area contributed by atoms with Crippen LogP contribution in [0.2, 0.25) is 0 Å². The summed E-state index contributed by atoms with van der Waals surface area (Å²) in [4.78, 5) is 44.5. The van der Waals surface area contributed by atoms with Crippen molar-refractivity contribution in [3.05, 3.63) is 93.7 Å². The number of aliphatic hydroxyl groups is 1. The van der Waals surface area contributed by atoms with Crippen molar-refractivity contribution in [1.29, 1.82) is 0 Å². The number of rotatable bonds is 7. The quantitative estimate of drug-likeness (QED) is 0.386. The van der Waals surface area contributed by atoms with E-state index in [2.05, 4.69) is 4.98 Å². The number of carbonyl (C=O) groups excluding carboxylic acids is 3. The molecule has 1 aliphatic heterocycles. The number of aliphatic hydroxyl groups excluding tert-OH is 1. The van der Waals surface area contributed by atoms with Crippen molar-refractivity contribution in [3.8, 4) is 5.75 Å². The van der Waals surface area contributed by atoms with Gasteiger partial charge in [0.1, 0.15) is 10.6 Å². The molecule has 0 aliphatic carbocycles. The summed E-state index contributed by atoms with van der Waals surface area (Å²) < 4.78 is 10.0. The molecule has 9 heteroatoms. The molecule has 35 heavy (non-hydrogen) atoms. The second-order valence-electron chi connectivity index (χ2n) is 7.62. The van der Waals surface area contributed by atoms with E-state index in [4.69, 9.17) is 9.47 Å². The minimum atomic E-state index is -0.961. The van der Waals surface area contributed by atoms with Gasteiger partial charge in [-0.15, -0.1) is 0 Å². The number of carbonyl (C=O) groups is 3. The van der Waals surface area contributed by atoms with Crippen molar-refractivity contribution in [2.45, 2.75) is 13.0 Å². The van der Waals surface area contributed by atoms with E-state index < -0.39 is 29.5 Å². The predicted molar refractivity (Wildman–Crippen MR) is 132 cm³/mol. The number of hydrogen-bond donors (Lipinski definition) is 1. The van der Waals surface area contributed by atoms with Crippen LogP contribution in [0.3, 0.4) is 0 Å². The van der Waals surface area contributed by atoms with Gasteiger partial charge in [0.05, 0.1) is 31.5 Å². The summed E-state index contributed by atoms with van der Waals surface area (Å²) in [5.74, 6) is -1.97. The molecule has 1 N–H and O–H groups in total. The van der Waals surface area contributed by atoms with E-state index in [1.54, 1.807) is 37.3 Å². The molecule has 0 fully saturated rings. The lowest BCUT2D eigenvalue weighted by Crippen LogP contribution is -2.30. The second-order valence-corrected chi connectivity index (χ2v) is 8.60. The summed E-state index contributed by atoms with van der Waals surface area (Å²) in [6.07, 6.45) is 2.94. The van der Waals surface area contributed by atoms with Crippen molar-refractivity contribution in [2.75, 3.05) is 19.1 Å². The van der Waals surface area contributed by atoms with Gasteiger partial charge < -0.3 is 14.6 Å². The van der Waals surface area contributed by atoms with Crippen molar-refractivity contribution in [1.82, 2.24) is 4.98 Å². The van der Waals surface area contributed by atoms with E-state index in [9.17, 15) is 19.5 Å². The van der Waals surface area contributed by atoms with Gasteiger partial charge >= 0.3 is 5.97 Å². The van der Waals surface area contributed by atoms with Crippen molar-refractivity contribution in [3.63, 3.8) is 0 Å². The van der Waals surface area contributed by atoms with Crippen molar-refractivity contribution in [2.24, 2.45) is 0 Å². The molecule has 0 bridgehead atoms. The highest BCUT2D eigenvalue weighted by atomic mass is 32.1. The van der Waals surface area contributed by atoms with Crippen molar-refractivity contribution >= 4 is 40.2 Å². The fourth-order valence-corrected chi connectivity index (χ4v) is 4.76. The lowest BCUT2D eigenvalue weighted by molar-refractivity contribution is -0.117. The van der Waals surface area contributed by atoms with Gasteiger partial charge in [-0.1, -0.05) is 59.9 Å². The Kier molecular flexibility index (Phi) is 6.79. The average molecular weight is 491 g/mol. The Morgan fingerprint density at radius 3 is 2.40 bits per heavy atom. The van der Waals surface area contributed by atoms with Gasteiger partial charge in [-0.2, -0.15) is 0 Å². The third kappa shape index (κ3) is 4.58. The first kappa shape index (κ1) is 23.9. The summed E-state index contributed by atoms with van der Waals surface area (Å²) in [6, 6.07) is 15.0. The normalized spacial score (nSPS) is 15.7. The van der Waals surface area contributed by atoms with E-state index in [-0.39, 0.29) is 15.6 Å². The minimum absolute atomic E-state index is 0.0835. The predicted octanol–water partition coefficient (Wildman–Crippen LogP) is 4.43. The first-order valence-electron chi connectivity index (χ1n) is 10.6. The van der Waals surface area contributed by atoms with Gasteiger partial charge in [-0.05, 0) is 36.3 Å². The molecular formula is C26H22N2O6S. The Bertz CT molecular complexity index is 1340. The van der Waals surface area contributed by atoms with E-state index >= 15 is 0 Å². The molecule has 0 spiro atoms. The lowest BCUT2D eigenvalue weighted by atomic mass is 9.95. The molecule has 2 aromatic carbocycles. The SMILES string of the molecule is COC(=O)c1sc(N2C(=O)C(O)=C(C(=O)/C=C/c3ccccc3)C2c2ccc(OC)cc2)nc1C. The Labute approximate surface area is 205 Å². The number of aromatic nitrogens is 1. The lowest BCUT2D eigenvalue weighted by Gasteiger charge is -2.24. The number of benzene rings is 2. The van der Waals surface area contributed by atoms with Gasteiger partial charge in [-0.25, -0.2) is 9.78 Å². The Morgan fingerprint density at radius 2 is 1.77 bits per heavy atom. The number of amides is 1. The Balaban J connectivity index is 1.80. The summed E-state index contributed by atoms with van der Waals surface area (Å²) in [5.41, 5.74) is 1.65. The molecule has 3 aromatic rings. The number of anilines is 1. The molecule has 1 amide bonds. The number of methoxy groups -OCH3 is 2. The van der Waals surface area contributed by atoms with E-state index in [0.29, 0.717) is 17.0 Å². The third-order valence-electron chi connectivity index (χ3n) is 5.49. The zero-order chi connectivity index (χ0) is 25.1. The van der Waals surface area contributed by atoms with E-state index in [0.717, 1.165) is 16.9 Å². The number of ketones is 1. The number of aryl methyl sites for hydroxylation is 1. The van der Waals surface area contributed by atoms with Crippen LogP contribution in [0, 0.1) is 6.92 Å². The summed E-state index contributed by atoms with van der Waals surface area (Å²) in [6.45, 7) is 1.62. The van der Waals surface area contributed by atoms with E-state index in [1.807, 2.05) is 30.3 Å². The molecule has 0 radical (unpaired) electrons. The summed E-state index contributed by atoms with van der Waals surface area (Å²) in [5, 5.41) is 11.0. The summed E-state index contributed by atoms with van der Waals surface area (Å²) >= 11 is 0.953. The molecule has 2 heterocycles. The first-order valence-corrected chi connectivity index (χ1v) is 11.4. The highest BCUT2D eigenvalue weighted by molar-refractivity contribution is 7.17. The zero-order valence-corrected chi connectivity index (χ0v) is 20.0. The maximum Gasteiger partial charge on any atom is 0.350 e. The highest BCUT2D eigenvalue weighted by Gasteiger charge is 2.45. The second kappa shape index (κ2) is 9.94. The van der Waals surface area contributed by atoms with Crippen molar-refractivity contribution < 1.29 is 29.0 Å². The molecule has 1 unspecified atom stereocenters. The highest BCUT2D eigenvalue weighted by Crippen LogP contribution is 2.43. The van der Waals surface area contributed by atoms with Gasteiger partial charge in [-0.3, -0.25) is 14.5 Å². The molecule has 0 saturated heterocycles. The number of nitrogens with zero attached hydrogens (tertiary/aromatic N) is 2. The van der Waals surface area contributed by atoms with Gasteiger partial charge in [0.25, 0.3) is 5.91 Å². The number of thiazole rings is 1. The minimum Gasteiger partial charge on any atom is -0.503 e. The van der Waals surface area contributed by atoms with Crippen LogP contribution in [0.15, 0.2) is 72.0 Å². The van der Waals surface area contributed by atoms with Crippen LogP contribution in [0.5, 0.6) is 5.75 Å². The smallest absolute Gasteiger partial charge is 0.350 e. The van der Waals surface area contributed by atoms with Crippen LogP contribution in [0.4, 0.5) is 5.13 Å². The fourth-order valence-electron chi connectivity index (χ4n) is 3.75. The number of hydrogen-bond acceptors (Lipinski definition) is 8. The Hall–Kier alpha value is -4.24. The fraction of sp³-hybridized carbons (Fsp3) is 0.154. The summed E-state index contributed by atoms with van der Waals surface area (Å²) in [7, 11) is 2.79. The average Bonchev–Trinajstić information content (AvgIpc) is 3.39. The molecule has 178 valence electrons. The largest absolute Gasteiger partial charge is 0.503 e. The number of ether oxygens (including phenoxy) is 2. The topological polar surface area (TPSA) is 106 Å². The third-order valence-corrected chi connectivity index (χ3v) is 6.63. The first-order chi connectivity index (χ1) is 16.8. The van der Waals surface area contributed by atoms with Crippen LogP contribution >= 0.6 is 11.3 Å². The zero-order valence-electron chi connectivity index (χ0n) is 19.2. The monoisotopic (exact) mass is 490 g/mol. The molecular weight excluding hydrogens is 468 g/mol. The van der Waals surface area contributed by atoms with Crippen LogP contribution < -0.4 is 9.64 Å². The molecule has 8 nitrogen and oxygen atoms in total. The molecule has 0 saturated carbocycles. The number of allylic oxidation sites excluding steroid dienone is 1. The van der Waals surface area contributed by atoms with Crippen LogP contribution in [-0.4, -0.2) is 42.0 Å². The van der Waals surface area contributed by atoms with Gasteiger partial charge in [0, 0.05) is 0 Å². The van der Waals surface area contributed by atoms with Crippen LogP contribution in [0.25, 0.3) is 6.08 Å². The van der Waals surface area contributed by atoms with Crippen LogP contribution in [-0.2, 0) is 14.3 Å². The standard InChI is InChI=1S/C26H22N2O6S/c1-15-23(25(32)34-3)35-26(27-15)28-21(17-10-12-18(33-2)13-11-17)20(22(30)24(28)31)19(29)14-9-16-7-5-4-6-8-16/h4-14,21,30H,1-3H3/b14-9+. The molecule has 1 aromatic heterocycles. The maximum atomic E-state index is 13.3. The molecule has 4 rings (SSSR count). The number of esters is 1. The molecule has 1 aliphatic rings. The van der Waals surface area contributed by atoms with Gasteiger partial charge in [0.2, 0.25) is 0 Å². The van der Waals surface area contributed by atoms with E-state index in [1.165, 1.54) is 25.2 Å².